The lowest BCUT2D eigenvalue weighted by Gasteiger charge is -2.10. The number of aromatic nitrogens is 2. The number of anilines is 1. The van der Waals surface area contributed by atoms with Crippen LogP contribution in [0.4, 0.5) is 9.52 Å². The molecule has 4 aromatic rings. The lowest BCUT2D eigenvalue weighted by molar-refractivity contribution is -0.116. The van der Waals surface area contributed by atoms with E-state index in [4.69, 9.17) is 11.6 Å². The van der Waals surface area contributed by atoms with Crippen LogP contribution < -0.4 is 10.7 Å². The normalized spacial score (nSPS) is 11.2. The van der Waals surface area contributed by atoms with Crippen LogP contribution >= 0.6 is 22.9 Å². The molecule has 0 spiro atoms. The first-order chi connectivity index (χ1) is 12.5. The van der Waals surface area contributed by atoms with Gasteiger partial charge in [0.15, 0.2) is 10.6 Å². The maximum atomic E-state index is 13.3. The Hall–Kier alpha value is -2.77. The molecule has 0 aliphatic carbocycles. The molecule has 2 aromatic heterocycles. The molecule has 2 heterocycles. The standard InChI is InChI=1S/C18H11ClFN3O2S/c19-10-1-4-14-12(7-10)15(24)5-6-23(14)9-17(25)22-18-21-13-3-2-11(20)8-16(13)26-18/h1-8H,9H2,(H,21,22,25). The molecule has 1 amide bonds. The van der Waals surface area contributed by atoms with Crippen LogP contribution in [0.1, 0.15) is 0 Å². The first kappa shape index (κ1) is 16.7. The van der Waals surface area contributed by atoms with E-state index in [1.165, 1.54) is 29.5 Å². The number of fused-ring (bicyclic) bond motifs is 2. The Labute approximate surface area is 155 Å². The Morgan fingerprint density at radius 2 is 2.08 bits per heavy atom. The van der Waals surface area contributed by atoms with Gasteiger partial charge in [-0.2, -0.15) is 0 Å². The van der Waals surface area contributed by atoms with Crippen molar-refractivity contribution in [2.24, 2.45) is 0 Å². The lowest BCUT2D eigenvalue weighted by Crippen LogP contribution is -2.20. The smallest absolute Gasteiger partial charge is 0.246 e. The second-order valence-electron chi connectivity index (χ2n) is 5.65. The molecule has 130 valence electrons. The average molecular weight is 388 g/mol. The number of thiazole rings is 1. The van der Waals surface area contributed by atoms with Crippen LogP contribution in [0.3, 0.4) is 0 Å². The maximum absolute atomic E-state index is 13.3. The Bertz CT molecular complexity index is 1220. The number of carbonyl (C=O) groups excluding carboxylic acids is 1. The molecule has 2 aromatic carbocycles. The average Bonchev–Trinajstić information content (AvgIpc) is 2.98. The minimum absolute atomic E-state index is 0.00268. The van der Waals surface area contributed by atoms with Crippen molar-refractivity contribution in [3.05, 3.63) is 69.7 Å². The van der Waals surface area contributed by atoms with Crippen molar-refractivity contribution < 1.29 is 9.18 Å². The largest absolute Gasteiger partial charge is 0.338 e. The van der Waals surface area contributed by atoms with Gasteiger partial charge in [-0.05, 0) is 36.4 Å². The summed E-state index contributed by atoms with van der Waals surface area (Å²) in [5.74, 6) is -0.651. The van der Waals surface area contributed by atoms with E-state index in [0.717, 1.165) is 0 Å². The number of amides is 1. The molecule has 0 unspecified atom stereocenters. The van der Waals surface area contributed by atoms with E-state index < -0.39 is 0 Å². The van der Waals surface area contributed by atoms with Gasteiger partial charge in [-0.1, -0.05) is 22.9 Å². The summed E-state index contributed by atoms with van der Waals surface area (Å²) in [5.41, 5.74) is 1.07. The van der Waals surface area contributed by atoms with E-state index in [1.54, 1.807) is 35.0 Å². The van der Waals surface area contributed by atoms with E-state index in [9.17, 15) is 14.0 Å². The number of hydrogen-bond acceptors (Lipinski definition) is 4. The number of rotatable bonds is 3. The van der Waals surface area contributed by atoms with Crippen LogP contribution in [-0.4, -0.2) is 15.5 Å². The maximum Gasteiger partial charge on any atom is 0.246 e. The van der Waals surface area contributed by atoms with E-state index in [2.05, 4.69) is 10.3 Å². The second-order valence-corrected chi connectivity index (χ2v) is 7.12. The molecule has 0 saturated carbocycles. The summed E-state index contributed by atoms with van der Waals surface area (Å²) in [6, 6.07) is 10.6. The molecule has 26 heavy (non-hydrogen) atoms. The van der Waals surface area contributed by atoms with Gasteiger partial charge in [0, 0.05) is 22.7 Å². The van der Waals surface area contributed by atoms with Crippen molar-refractivity contribution in [3.8, 4) is 0 Å². The third kappa shape index (κ3) is 3.18. The Morgan fingerprint density at radius 3 is 2.92 bits per heavy atom. The highest BCUT2D eigenvalue weighted by Crippen LogP contribution is 2.26. The summed E-state index contributed by atoms with van der Waals surface area (Å²) >= 11 is 7.14. The first-order valence-electron chi connectivity index (χ1n) is 7.64. The van der Waals surface area contributed by atoms with E-state index in [-0.39, 0.29) is 23.7 Å². The minimum atomic E-state index is -0.350. The molecule has 1 N–H and O–H groups in total. The Morgan fingerprint density at radius 1 is 1.23 bits per heavy atom. The van der Waals surface area contributed by atoms with Crippen LogP contribution in [0.15, 0.2) is 53.5 Å². The quantitative estimate of drug-likeness (QED) is 0.577. The second kappa shape index (κ2) is 6.51. The van der Waals surface area contributed by atoms with Gasteiger partial charge >= 0.3 is 0 Å². The number of benzene rings is 2. The molecule has 0 atom stereocenters. The number of nitrogens with one attached hydrogen (secondary N) is 1. The third-order valence-electron chi connectivity index (χ3n) is 3.85. The predicted octanol–water partition coefficient (Wildman–Crippen LogP) is 4.04. The SMILES string of the molecule is O=C(Cn1ccc(=O)c2cc(Cl)ccc21)Nc1nc2ccc(F)cc2s1. The molecule has 0 saturated heterocycles. The molecule has 4 rings (SSSR count). The van der Waals surface area contributed by atoms with Crippen molar-refractivity contribution in [2.75, 3.05) is 5.32 Å². The summed E-state index contributed by atoms with van der Waals surface area (Å²) in [6.45, 7) is 0.00268. The van der Waals surface area contributed by atoms with Gasteiger partial charge in [-0.25, -0.2) is 9.37 Å². The lowest BCUT2D eigenvalue weighted by atomic mass is 10.2. The zero-order chi connectivity index (χ0) is 18.3. The molecule has 5 nitrogen and oxygen atoms in total. The van der Waals surface area contributed by atoms with E-state index in [0.29, 0.717) is 31.3 Å². The van der Waals surface area contributed by atoms with Gasteiger partial charge in [-0.15, -0.1) is 0 Å². The summed E-state index contributed by atoms with van der Waals surface area (Å²) < 4.78 is 15.6. The van der Waals surface area contributed by atoms with Gasteiger partial charge < -0.3 is 9.88 Å². The molecule has 0 fully saturated rings. The van der Waals surface area contributed by atoms with Crippen molar-refractivity contribution in [3.63, 3.8) is 0 Å². The summed E-state index contributed by atoms with van der Waals surface area (Å²) in [6.07, 6.45) is 1.56. The number of hydrogen-bond donors (Lipinski definition) is 1. The highest BCUT2D eigenvalue weighted by Gasteiger charge is 2.11. The molecular formula is C18H11ClFN3O2S. The summed E-state index contributed by atoms with van der Waals surface area (Å²) in [5, 5.41) is 4.01. The topological polar surface area (TPSA) is 64.0 Å². The van der Waals surface area contributed by atoms with Crippen LogP contribution in [-0.2, 0) is 11.3 Å². The fourth-order valence-electron chi connectivity index (χ4n) is 2.69. The van der Waals surface area contributed by atoms with Crippen LogP contribution in [0.5, 0.6) is 0 Å². The third-order valence-corrected chi connectivity index (χ3v) is 5.02. The van der Waals surface area contributed by atoms with Gasteiger partial charge in [0.05, 0.1) is 15.7 Å². The monoisotopic (exact) mass is 387 g/mol. The Balaban J connectivity index is 1.60. The molecular weight excluding hydrogens is 377 g/mol. The molecule has 0 aliphatic rings. The van der Waals surface area contributed by atoms with Gasteiger partial charge in [0.1, 0.15) is 12.4 Å². The molecule has 0 aliphatic heterocycles. The molecule has 0 radical (unpaired) electrons. The van der Waals surface area contributed by atoms with Gasteiger partial charge in [0.2, 0.25) is 5.91 Å². The zero-order valence-corrected chi connectivity index (χ0v) is 14.8. The predicted molar refractivity (Wildman–Crippen MR) is 101 cm³/mol. The van der Waals surface area contributed by atoms with Gasteiger partial charge in [0.25, 0.3) is 0 Å². The highest BCUT2D eigenvalue weighted by atomic mass is 35.5. The Kier molecular flexibility index (Phi) is 4.18. The summed E-state index contributed by atoms with van der Waals surface area (Å²) in [4.78, 5) is 28.6. The van der Waals surface area contributed by atoms with E-state index >= 15 is 0 Å². The van der Waals surface area contributed by atoms with Crippen molar-refractivity contribution in [1.29, 1.82) is 0 Å². The van der Waals surface area contributed by atoms with Gasteiger partial charge in [-0.3, -0.25) is 9.59 Å². The molecule has 0 bridgehead atoms. The minimum Gasteiger partial charge on any atom is -0.338 e. The summed E-state index contributed by atoms with van der Waals surface area (Å²) in [7, 11) is 0. The fraction of sp³-hybridized carbons (Fsp3) is 0.0556. The van der Waals surface area contributed by atoms with E-state index in [1.807, 2.05) is 0 Å². The fourth-order valence-corrected chi connectivity index (χ4v) is 3.77. The molecule has 8 heteroatoms. The zero-order valence-electron chi connectivity index (χ0n) is 13.2. The van der Waals surface area contributed by atoms with Crippen LogP contribution in [0.2, 0.25) is 5.02 Å². The first-order valence-corrected chi connectivity index (χ1v) is 8.84. The van der Waals surface area contributed by atoms with Crippen LogP contribution in [0.25, 0.3) is 21.1 Å². The number of pyridine rings is 1. The number of nitrogens with zero attached hydrogens (tertiary/aromatic N) is 2. The van der Waals surface area contributed by atoms with Crippen molar-refractivity contribution in [1.82, 2.24) is 9.55 Å². The van der Waals surface area contributed by atoms with Crippen molar-refractivity contribution in [2.45, 2.75) is 6.54 Å². The highest BCUT2D eigenvalue weighted by molar-refractivity contribution is 7.22. The van der Waals surface area contributed by atoms with Crippen molar-refractivity contribution >= 4 is 55.1 Å². The number of carbonyl (C=O) groups is 1. The van der Waals surface area contributed by atoms with Crippen LogP contribution in [0, 0.1) is 5.82 Å². The number of halogens is 2.